The topological polar surface area (TPSA) is 58.6 Å². The Morgan fingerprint density at radius 2 is 1.54 bits per heavy atom. The number of hydrogen-bond donors (Lipinski definition) is 2. The molecule has 4 heteroatoms. The lowest BCUT2D eigenvalue weighted by atomic mass is 9.99. The van der Waals surface area contributed by atoms with Gasteiger partial charge in [0.25, 0.3) is 0 Å². The van der Waals surface area contributed by atoms with Crippen LogP contribution in [0.4, 0.5) is 4.79 Å². The molecule has 2 N–H and O–H groups in total. The van der Waals surface area contributed by atoms with Gasteiger partial charge in [-0.2, -0.15) is 0 Å². The second-order valence-electron chi connectivity index (χ2n) is 6.90. The molecule has 0 spiro atoms. The zero-order valence-corrected chi connectivity index (χ0v) is 14.5. The molecule has 0 aliphatic rings. The number of ether oxygens (including phenoxy) is 1. The Balaban J connectivity index is 2.08. The molecule has 128 valence electrons. The van der Waals surface area contributed by atoms with E-state index in [0.717, 1.165) is 11.1 Å². The largest absolute Gasteiger partial charge is 0.508 e. The summed E-state index contributed by atoms with van der Waals surface area (Å²) >= 11 is 0. The van der Waals surface area contributed by atoms with Gasteiger partial charge in [-0.05, 0) is 56.9 Å². The van der Waals surface area contributed by atoms with E-state index in [1.807, 2.05) is 63.2 Å². The van der Waals surface area contributed by atoms with Crippen molar-refractivity contribution in [3.8, 4) is 5.75 Å². The quantitative estimate of drug-likeness (QED) is 0.870. The molecular weight excluding hydrogens is 302 g/mol. The summed E-state index contributed by atoms with van der Waals surface area (Å²) in [5.41, 5.74) is 1.67. The molecule has 2 aromatic carbocycles. The third-order valence-electron chi connectivity index (χ3n) is 3.46. The van der Waals surface area contributed by atoms with Gasteiger partial charge in [-0.15, -0.1) is 0 Å². The lowest BCUT2D eigenvalue weighted by Gasteiger charge is -2.24. The van der Waals surface area contributed by atoms with Crippen LogP contribution in [-0.2, 0) is 17.6 Å². The number of phenolic OH excluding ortho intramolecular Hbond substituents is 1. The molecule has 0 heterocycles. The van der Waals surface area contributed by atoms with E-state index >= 15 is 0 Å². The number of carbonyl (C=O) groups excluding carboxylic acids is 1. The van der Waals surface area contributed by atoms with Crippen LogP contribution < -0.4 is 5.32 Å². The molecule has 0 aliphatic carbocycles. The molecule has 2 rings (SSSR count). The van der Waals surface area contributed by atoms with Crippen molar-refractivity contribution in [1.29, 1.82) is 0 Å². The van der Waals surface area contributed by atoms with E-state index in [1.54, 1.807) is 12.1 Å². The Morgan fingerprint density at radius 3 is 2.08 bits per heavy atom. The van der Waals surface area contributed by atoms with Crippen molar-refractivity contribution in [3.05, 3.63) is 65.7 Å². The van der Waals surface area contributed by atoms with Gasteiger partial charge in [-0.1, -0.05) is 42.5 Å². The van der Waals surface area contributed by atoms with Gasteiger partial charge in [0.05, 0.1) is 0 Å². The minimum absolute atomic E-state index is 0.0909. The van der Waals surface area contributed by atoms with Crippen LogP contribution in [0.5, 0.6) is 5.75 Å². The van der Waals surface area contributed by atoms with Crippen molar-refractivity contribution < 1.29 is 14.6 Å². The predicted molar refractivity (Wildman–Crippen MR) is 95.1 cm³/mol. The smallest absolute Gasteiger partial charge is 0.407 e. The lowest BCUT2D eigenvalue weighted by molar-refractivity contribution is 0.0504. The summed E-state index contributed by atoms with van der Waals surface area (Å²) in [5.74, 6) is 0.235. The Labute approximate surface area is 143 Å². The summed E-state index contributed by atoms with van der Waals surface area (Å²) in [6, 6.07) is 17.0. The highest BCUT2D eigenvalue weighted by Crippen LogP contribution is 2.14. The SMILES string of the molecule is CC(C)(C)OC(=O)NC(Cc1ccccc1)Cc1ccc(O)cc1. The molecule has 0 aliphatic heterocycles. The first-order valence-corrected chi connectivity index (χ1v) is 8.13. The average Bonchev–Trinajstić information content (AvgIpc) is 2.48. The molecule has 2 aromatic rings. The molecule has 0 radical (unpaired) electrons. The fourth-order valence-electron chi connectivity index (χ4n) is 2.46. The fourth-order valence-corrected chi connectivity index (χ4v) is 2.46. The monoisotopic (exact) mass is 327 g/mol. The maximum atomic E-state index is 12.1. The first kappa shape index (κ1) is 17.9. The van der Waals surface area contributed by atoms with Gasteiger partial charge in [0.2, 0.25) is 0 Å². The van der Waals surface area contributed by atoms with Gasteiger partial charge in [-0.3, -0.25) is 0 Å². The van der Waals surface area contributed by atoms with E-state index in [2.05, 4.69) is 5.32 Å². The van der Waals surface area contributed by atoms with Crippen LogP contribution in [0.15, 0.2) is 54.6 Å². The number of benzene rings is 2. The number of nitrogens with one attached hydrogen (secondary N) is 1. The number of hydrogen-bond acceptors (Lipinski definition) is 3. The van der Waals surface area contributed by atoms with Gasteiger partial charge in [0.1, 0.15) is 11.4 Å². The van der Waals surface area contributed by atoms with Crippen LogP contribution in [0.2, 0.25) is 0 Å². The van der Waals surface area contributed by atoms with Crippen molar-refractivity contribution in [2.24, 2.45) is 0 Å². The van der Waals surface area contributed by atoms with E-state index in [-0.39, 0.29) is 11.8 Å². The molecule has 1 unspecified atom stereocenters. The predicted octanol–water partition coefficient (Wildman–Crippen LogP) is 4.07. The Hall–Kier alpha value is -2.49. The van der Waals surface area contributed by atoms with Crippen LogP contribution in [0, 0.1) is 0 Å². The molecule has 0 saturated carbocycles. The van der Waals surface area contributed by atoms with Crippen molar-refractivity contribution in [1.82, 2.24) is 5.32 Å². The number of phenols is 1. The normalized spacial score (nSPS) is 12.5. The van der Waals surface area contributed by atoms with Gasteiger partial charge in [0.15, 0.2) is 0 Å². The van der Waals surface area contributed by atoms with Crippen molar-refractivity contribution >= 4 is 6.09 Å². The van der Waals surface area contributed by atoms with E-state index in [4.69, 9.17) is 4.74 Å². The zero-order chi connectivity index (χ0) is 17.6. The van der Waals surface area contributed by atoms with Gasteiger partial charge >= 0.3 is 6.09 Å². The first-order valence-electron chi connectivity index (χ1n) is 8.13. The average molecular weight is 327 g/mol. The Kier molecular flexibility index (Phi) is 5.85. The molecule has 0 aromatic heterocycles. The van der Waals surface area contributed by atoms with E-state index in [9.17, 15) is 9.90 Å². The maximum absolute atomic E-state index is 12.1. The third kappa shape index (κ3) is 6.32. The second-order valence-corrected chi connectivity index (χ2v) is 6.90. The summed E-state index contributed by atoms with van der Waals surface area (Å²) in [6.45, 7) is 5.54. The van der Waals surface area contributed by atoms with Crippen LogP contribution in [0.3, 0.4) is 0 Å². The summed E-state index contributed by atoms with van der Waals surface area (Å²) < 4.78 is 5.37. The van der Waals surface area contributed by atoms with Crippen LogP contribution >= 0.6 is 0 Å². The zero-order valence-electron chi connectivity index (χ0n) is 14.5. The number of alkyl carbamates (subject to hydrolysis) is 1. The minimum Gasteiger partial charge on any atom is -0.508 e. The molecule has 0 bridgehead atoms. The second kappa shape index (κ2) is 7.86. The molecule has 1 atom stereocenters. The fraction of sp³-hybridized carbons (Fsp3) is 0.350. The van der Waals surface area contributed by atoms with Crippen molar-refractivity contribution in [2.45, 2.75) is 45.3 Å². The van der Waals surface area contributed by atoms with E-state index in [0.29, 0.717) is 12.8 Å². The number of rotatable bonds is 5. The number of aromatic hydroxyl groups is 1. The molecule has 0 saturated heterocycles. The van der Waals surface area contributed by atoms with Gasteiger partial charge < -0.3 is 15.2 Å². The minimum atomic E-state index is -0.528. The van der Waals surface area contributed by atoms with E-state index < -0.39 is 11.7 Å². The summed E-state index contributed by atoms with van der Waals surface area (Å²) in [5, 5.41) is 12.4. The van der Waals surface area contributed by atoms with Crippen LogP contribution in [0.1, 0.15) is 31.9 Å². The third-order valence-corrected chi connectivity index (χ3v) is 3.46. The summed E-state index contributed by atoms with van der Waals surface area (Å²) in [7, 11) is 0. The lowest BCUT2D eigenvalue weighted by Crippen LogP contribution is -2.41. The summed E-state index contributed by atoms with van der Waals surface area (Å²) in [4.78, 5) is 12.1. The first-order chi connectivity index (χ1) is 11.3. The highest BCUT2D eigenvalue weighted by Gasteiger charge is 2.20. The molecule has 4 nitrogen and oxygen atoms in total. The summed E-state index contributed by atoms with van der Waals surface area (Å²) in [6.07, 6.45) is 0.956. The number of carbonyl (C=O) groups is 1. The number of amides is 1. The maximum Gasteiger partial charge on any atom is 0.407 e. The van der Waals surface area contributed by atoms with Crippen LogP contribution in [0.25, 0.3) is 0 Å². The van der Waals surface area contributed by atoms with Gasteiger partial charge in [-0.25, -0.2) is 4.79 Å². The van der Waals surface area contributed by atoms with Crippen molar-refractivity contribution in [3.63, 3.8) is 0 Å². The molecular formula is C20H25NO3. The van der Waals surface area contributed by atoms with Crippen molar-refractivity contribution in [2.75, 3.05) is 0 Å². The highest BCUT2D eigenvalue weighted by atomic mass is 16.6. The van der Waals surface area contributed by atoms with Gasteiger partial charge in [0, 0.05) is 6.04 Å². The Morgan fingerprint density at radius 1 is 1.00 bits per heavy atom. The van der Waals surface area contributed by atoms with Crippen LogP contribution in [-0.4, -0.2) is 22.8 Å². The molecule has 24 heavy (non-hydrogen) atoms. The highest BCUT2D eigenvalue weighted by molar-refractivity contribution is 5.68. The molecule has 0 fully saturated rings. The molecule has 1 amide bonds. The van der Waals surface area contributed by atoms with E-state index in [1.165, 1.54) is 0 Å². The Bertz CT molecular complexity index is 645. The standard InChI is InChI=1S/C20H25NO3/c1-20(2,3)24-19(23)21-17(13-15-7-5-4-6-8-15)14-16-9-11-18(22)12-10-16/h4-12,17,22H,13-14H2,1-3H3,(H,21,23).